The molecule has 1 aliphatic rings. The molecule has 0 aliphatic heterocycles. The molecular weight excluding hydrogens is 449 g/mol. The van der Waals surface area contributed by atoms with E-state index in [9.17, 15) is 14.0 Å². The van der Waals surface area contributed by atoms with Gasteiger partial charge in [0.15, 0.2) is 0 Å². The number of hydrogen-bond donors (Lipinski definition) is 2. The summed E-state index contributed by atoms with van der Waals surface area (Å²) >= 11 is 9.24. The van der Waals surface area contributed by atoms with Crippen molar-refractivity contribution in [1.82, 2.24) is 9.55 Å². The van der Waals surface area contributed by atoms with Crippen LogP contribution in [0.25, 0.3) is 11.0 Å². The van der Waals surface area contributed by atoms with E-state index in [1.54, 1.807) is 4.57 Å². The van der Waals surface area contributed by atoms with Crippen molar-refractivity contribution >= 4 is 50.2 Å². The van der Waals surface area contributed by atoms with Gasteiger partial charge in [0.2, 0.25) is 5.91 Å². The van der Waals surface area contributed by atoms with Gasteiger partial charge >= 0.3 is 5.69 Å². The van der Waals surface area contributed by atoms with Crippen LogP contribution in [0.3, 0.4) is 0 Å². The number of carbonyl (C=O) groups is 1. The molecule has 1 fully saturated rings. The summed E-state index contributed by atoms with van der Waals surface area (Å²) in [7, 11) is 0. The molecular formula is C20H18BrClFN3O2. The van der Waals surface area contributed by atoms with Gasteiger partial charge in [-0.2, -0.15) is 0 Å². The van der Waals surface area contributed by atoms with Crippen molar-refractivity contribution in [2.45, 2.75) is 31.7 Å². The molecule has 8 heteroatoms. The Morgan fingerprint density at radius 3 is 2.68 bits per heavy atom. The molecule has 2 N–H and O–H groups in total. The number of anilines is 1. The van der Waals surface area contributed by atoms with Crippen LogP contribution in [0.5, 0.6) is 0 Å². The maximum atomic E-state index is 13.3. The minimum atomic E-state index is -0.518. The van der Waals surface area contributed by atoms with Crippen molar-refractivity contribution < 1.29 is 9.18 Å². The van der Waals surface area contributed by atoms with Crippen LogP contribution < -0.4 is 11.0 Å². The second kappa shape index (κ2) is 7.72. The van der Waals surface area contributed by atoms with Crippen LogP contribution >= 0.6 is 27.5 Å². The molecule has 1 saturated carbocycles. The number of carbonyl (C=O) groups excluding carboxylic acids is 1. The first-order chi connectivity index (χ1) is 13.4. The van der Waals surface area contributed by atoms with Crippen LogP contribution in [0.4, 0.5) is 10.1 Å². The highest BCUT2D eigenvalue weighted by Gasteiger charge is 2.29. The highest BCUT2D eigenvalue weighted by Crippen LogP contribution is 2.34. The Kier molecular flexibility index (Phi) is 5.29. The van der Waals surface area contributed by atoms with Crippen molar-refractivity contribution in [2.75, 3.05) is 5.32 Å². The van der Waals surface area contributed by atoms with Gasteiger partial charge in [0, 0.05) is 22.1 Å². The normalized spacial score (nSPS) is 19.7. The van der Waals surface area contributed by atoms with Gasteiger partial charge in [0.1, 0.15) is 5.82 Å². The number of para-hydroxylation sites is 1. The summed E-state index contributed by atoms with van der Waals surface area (Å²) in [6.45, 7) is 0. The monoisotopic (exact) mass is 465 g/mol. The number of aromatic nitrogens is 2. The van der Waals surface area contributed by atoms with Crippen LogP contribution in [0.1, 0.15) is 31.7 Å². The van der Waals surface area contributed by atoms with E-state index in [2.05, 4.69) is 26.2 Å². The summed E-state index contributed by atoms with van der Waals surface area (Å²) < 4.78 is 15.9. The third-order valence-electron chi connectivity index (χ3n) is 5.32. The van der Waals surface area contributed by atoms with Crippen molar-refractivity contribution in [2.24, 2.45) is 5.92 Å². The first-order valence-electron chi connectivity index (χ1n) is 9.08. The third kappa shape index (κ3) is 3.61. The Morgan fingerprint density at radius 2 is 1.96 bits per heavy atom. The first-order valence-corrected chi connectivity index (χ1v) is 10.3. The topological polar surface area (TPSA) is 66.9 Å². The molecule has 3 aromatic rings. The van der Waals surface area contributed by atoms with E-state index in [4.69, 9.17) is 11.6 Å². The van der Waals surface area contributed by atoms with Gasteiger partial charge in [0.25, 0.3) is 0 Å². The number of fused-ring (bicyclic) bond motifs is 1. The molecule has 0 atom stereocenters. The standard InChI is InChI=1S/C20H18BrClFN3O2/c21-14-2-1-3-17-18(14)25-20(28)26(17)13-7-4-11(5-8-13)19(27)24-12-6-9-16(23)15(22)10-12/h1-3,6,9-11,13H,4-5,7-8H2,(H,24,27)(H,25,28)/t11-,13+. The summed E-state index contributed by atoms with van der Waals surface area (Å²) in [4.78, 5) is 27.9. The predicted molar refractivity (Wildman–Crippen MR) is 111 cm³/mol. The van der Waals surface area contributed by atoms with Crippen molar-refractivity contribution in [3.63, 3.8) is 0 Å². The zero-order valence-electron chi connectivity index (χ0n) is 14.8. The summed E-state index contributed by atoms with van der Waals surface area (Å²) in [6, 6.07) is 9.91. The number of imidazole rings is 1. The number of amides is 1. The molecule has 0 saturated heterocycles. The van der Waals surface area contributed by atoms with E-state index in [-0.39, 0.29) is 28.6 Å². The van der Waals surface area contributed by atoms with Crippen molar-refractivity contribution in [1.29, 1.82) is 0 Å². The molecule has 1 aromatic heterocycles. The molecule has 0 spiro atoms. The minimum absolute atomic E-state index is 0.0219. The molecule has 0 radical (unpaired) electrons. The lowest BCUT2D eigenvalue weighted by Crippen LogP contribution is -2.31. The molecule has 1 amide bonds. The summed E-state index contributed by atoms with van der Waals surface area (Å²) in [5, 5.41) is 2.78. The Hall–Kier alpha value is -2.12. The van der Waals surface area contributed by atoms with Gasteiger partial charge in [-0.05, 0) is 71.9 Å². The van der Waals surface area contributed by atoms with Gasteiger partial charge in [-0.25, -0.2) is 9.18 Å². The molecule has 1 aliphatic carbocycles. The first kappa shape index (κ1) is 19.2. The van der Waals surface area contributed by atoms with Gasteiger partial charge < -0.3 is 10.3 Å². The van der Waals surface area contributed by atoms with Crippen LogP contribution in [0.15, 0.2) is 45.7 Å². The maximum Gasteiger partial charge on any atom is 0.326 e. The summed E-state index contributed by atoms with van der Waals surface area (Å²) in [5.41, 5.74) is 2.01. The van der Waals surface area contributed by atoms with Gasteiger partial charge in [0.05, 0.1) is 16.1 Å². The van der Waals surface area contributed by atoms with Crippen molar-refractivity contribution in [3.05, 3.63) is 62.2 Å². The van der Waals surface area contributed by atoms with Crippen LogP contribution in [0.2, 0.25) is 5.02 Å². The zero-order valence-corrected chi connectivity index (χ0v) is 17.2. The Labute approximate surface area is 174 Å². The quantitative estimate of drug-likeness (QED) is 0.553. The largest absolute Gasteiger partial charge is 0.326 e. The molecule has 1 heterocycles. The predicted octanol–water partition coefficient (Wildman–Crippen LogP) is 5.25. The molecule has 28 heavy (non-hydrogen) atoms. The zero-order chi connectivity index (χ0) is 19.8. The van der Waals surface area contributed by atoms with Gasteiger partial charge in [-0.3, -0.25) is 9.36 Å². The van der Waals surface area contributed by atoms with E-state index in [0.717, 1.165) is 28.3 Å². The molecule has 0 bridgehead atoms. The summed E-state index contributed by atoms with van der Waals surface area (Å²) in [5.74, 6) is -0.765. The van der Waals surface area contributed by atoms with E-state index >= 15 is 0 Å². The molecule has 4 rings (SSSR count). The second-order valence-electron chi connectivity index (χ2n) is 7.06. The smallest absolute Gasteiger partial charge is 0.326 e. The van der Waals surface area contributed by atoms with E-state index in [0.29, 0.717) is 18.5 Å². The maximum absolute atomic E-state index is 13.3. The number of nitrogens with one attached hydrogen (secondary N) is 2. The number of benzene rings is 2. The summed E-state index contributed by atoms with van der Waals surface area (Å²) in [6.07, 6.45) is 2.83. The minimum Gasteiger partial charge on any atom is -0.326 e. The van der Waals surface area contributed by atoms with E-state index < -0.39 is 5.82 Å². The van der Waals surface area contributed by atoms with Crippen LogP contribution in [0, 0.1) is 11.7 Å². The lowest BCUT2D eigenvalue weighted by Gasteiger charge is -2.28. The van der Waals surface area contributed by atoms with Gasteiger partial charge in [-0.1, -0.05) is 17.7 Å². The molecule has 146 valence electrons. The van der Waals surface area contributed by atoms with Crippen LogP contribution in [-0.2, 0) is 4.79 Å². The van der Waals surface area contributed by atoms with Gasteiger partial charge in [-0.15, -0.1) is 0 Å². The number of halogens is 3. The van der Waals surface area contributed by atoms with E-state index in [1.165, 1.54) is 18.2 Å². The molecule has 2 aromatic carbocycles. The number of H-pyrrole nitrogens is 1. The van der Waals surface area contributed by atoms with Crippen LogP contribution in [-0.4, -0.2) is 15.5 Å². The Bertz CT molecular complexity index is 1100. The highest BCUT2D eigenvalue weighted by molar-refractivity contribution is 9.10. The fourth-order valence-corrected chi connectivity index (χ4v) is 4.53. The van der Waals surface area contributed by atoms with E-state index in [1.807, 2.05) is 18.2 Å². The fourth-order valence-electron chi connectivity index (χ4n) is 3.89. The fraction of sp³-hybridized carbons (Fsp3) is 0.300. The SMILES string of the molecule is O=c1[nH]c2c(Br)cccc2n1[C@H]1CC[C@@H](C(=O)Nc2ccc(F)c(Cl)c2)CC1. The average Bonchev–Trinajstić information content (AvgIpc) is 3.02. The lowest BCUT2D eigenvalue weighted by molar-refractivity contribution is -0.121. The average molecular weight is 467 g/mol. The lowest BCUT2D eigenvalue weighted by atomic mass is 9.85. The number of aromatic amines is 1. The number of hydrogen-bond acceptors (Lipinski definition) is 2. The Morgan fingerprint density at radius 1 is 1.21 bits per heavy atom. The molecule has 0 unspecified atom stereocenters. The second-order valence-corrected chi connectivity index (χ2v) is 8.32. The van der Waals surface area contributed by atoms with Crippen molar-refractivity contribution in [3.8, 4) is 0 Å². The Balaban J connectivity index is 1.45. The highest BCUT2D eigenvalue weighted by atomic mass is 79.9. The number of rotatable bonds is 3. The number of nitrogens with zero attached hydrogens (tertiary/aromatic N) is 1. The third-order valence-corrected chi connectivity index (χ3v) is 6.27. The molecule has 5 nitrogen and oxygen atoms in total.